The van der Waals surface area contributed by atoms with Gasteiger partial charge in [0.15, 0.2) is 0 Å². The van der Waals surface area contributed by atoms with E-state index in [9.17, 15) is 4.79 Å². The van der Waals surface area contributed by atoms with E-state index in [1.807, 2.05) is 52.0 Å². The van der Waals surface area contributed by atoms with Crippen LogP contribution in [-0.4, -0.2) is 45.9 Å². The first kappa shape index (κ1) is 28.9. The lowest BCUT2D eigenvalue weighted by Gasteiger charge is -2.38. The first-order valence-electron chi connectivity index (χ1n) is 14.7. The molecule has 214 valence electrons. The minimum atomic E-state index is -0.718. The summed E-state index contributed by atoms with van der Waals surface area (Å²) in [7, 11) is 0. The highest BCUT2D eigenvalue weighted by Crippen LogP contribution is 2.39. The summed E-state index contributed by atoms with van der Waals surface area (Å²) in [6.07, 6.45) is 5.28. The van der Waals surface area contributed by atoms with Crippen molar-refractivity contribution in [3.63, 3.8) is 0 Å². The highest BCUT2D eigenvalue weighted by Gasteiger charge is 2.51. The number of rotatable bonds is 8. The van der Waals surface area contributed by atoms with Crippen LogP contribution in [0.4, 0.5) is 4.79 Å². The van der Waals surface area contributed by atoms with Crippen LogP contribution in [0.1, 0.15) is 57.2 Å². The Morgan fingerprint density at radius 2 is 1.46 bits per heavy atom. The van der Waals surface area contributed by atoms with E-state index in [1.54, 1.807) is 4.90 Å². The molecule has 3 aromatic rings. The third kappa shape index (κ3) is 7.00. The third-order valence-electron chi connectivity index (χ3n) is 8.24. The molecule has 5 heteroatoms. The van der Waals surface area contributed by atoms with Crippen molar-refractivity contribution in [1.29, 1.82) is 0 Å². The van der Waals surface area contributed by atoms with Crippen molar-refractivity contribution >= 4 is 12.2 Å². The second-order valence-electron chi connectivity index (χ2n) is 12.3. The van der Waals surface area contributed by atoms with Crippen LogP contribution in [-0.2, 0) is 22.6 Å². The quantitative estimate of drug-likeness (QED) is 0.270. The van der Waals surface area contributed by atoms with E-state index in [0.29, 0.717) is 6.61 Å². The number of hydrogen-bond donors (Lipinski definition) is 0. The number of carbonyl (C=O) groups excluding carboxylic acids is 1. The number of hydrogen-bond acceptors (Lipinski definition) is 4. The van der Waals surface area contributed by atoms with Gasteiger partial charge in [-0.25, -0.2) is 4.79 Å². The molecule has 0 bridgehead atoms. The van der Waals surface area contributed by atoms with Crippen LogP contribution < -0.4 is 0 Å². The Labute approximate surface area is 245 Å². The van der Waals surface area contributed by atoms with Crippen LogP contribution >= 0.6 is 0 Å². The predicted molar refractivity (Wildman–Crippen MR) is 164 cm³/mol. The summed E-state index contributed by atoms with van der Waals surface area (Å²) >= 11 is 0. The van der Waals surface area contributed by atoms with Gasteiger partial charge in [0.1, 0.15) is 11.8 Å². The molecule has 1 amide bonds. The second-order valence-corrected chi connectivity index (χ2v) is 12.3. The van der Waals surface area contributed by atoms with Gasteiger partial charge in [0.25, 0.3) is 0 Å². The summed E-state index contributed by atoms with van der Waals surface area (Å²) in [6.45, 7) is 10.0. The molecule has 3 aromatic carbocycles. The van der Waals surface area contributed by atoms with Gasteiger partial charge in [0.2, 0.25) is 0 Å². The minimum absolute atomic E-state index is 0.0129. The van der Waals surface area contributed by atoms with Crippen molar-refractivity contribution in [3.8, 4) is 0 Å². The van der Waals surface area contributed by atoms with Gasteiger partial charge in [0.05, 0.1) is 12.1 Å². The molecule has 0 spiro atoms. The maximum atomic E-state index is 13.7. The standard InChI is InChI=1S/C36H42N2O3/c1-35(2)27-40-36(3,4)38(35)34(39)41-33-24-23-32(31(33)22-14-21-28-15-8-5-9-16-28)37(25-29-17-10-6-11-18-29)26-30-19-12-7-13-20-30/h5-13,15-22,31-33H,23-27H2,1-4H3/t14?,31-,32+,33-/m1/s1. The predicted octanol–water partition coefficient (Wildman–Crippen LogP) is 7.69. The van der Waals surface area contributed by atoms with Crippen molar-refractivity contribution in [2.45, 2.75) is 77.0 Å². The number of ether oxygens (including phenoxy) is 2. The Kier molecular flexibility index (Phi) is 8.79. The summed E-state index contributed by atoms with van der Waals surface area (Å²) in [5.41, 5.74) is 5.92. The summed E-state index contributed by atoms with van der Waals surface area (Å²) in [6, 6.07) is 31.6. The molecule has 1 saturated heterocycles. The fraction of sp³-hybridized carbons (Fsp3) is 0.389. The van der Waals surface area contributed by atoms with Crippen molar-refractivity contribution in [1.82, 2.24) is 9.80 Å². The molecule has 1 aliphatic carbocycles. The van der Waals surface area contributed by atoms with Crippen molar-refractivity contribution < 1.29 is 14.3 Å². The first-order chi connectivity index (χ1) is 19.7. The zero-order valence-electron chi connectivity index (χ0n) is 24.7. The summed E-state index contributed by atoms with van der Waals surface area (Å²) in [5, 5.41) is 0. The largest absolute Gasteiger partial charge is 0.445 e. The SMILES string of the molecule is CC1(C)COC(C)(C)N1C(=O)O[C@@H]1CC[C@H](N(Cc2ccccc2)Cc2ccccc2)[C@H]1C=C=Cc1ccccc1. The second kappa shape index (κ2) is 12.5. The van der Waals surface area contributed by atoms with E-state index in [4.69, 9.17) is 9.47 Å². The third-order valence-corrected chi connectivity index (χ3v) is 8.24. The van der Waals surface area contributed by atoms with E-state index >= 15 is 0 Å². The molecular weight excluding hydrogens is 508 g/mol. The van der Waals surface area contributed by atoms with Crippen LogP contribution in [0, 0.1) is 5.92 Å². The average Bonchev–Trinajstić information content (AvgIpc) is 3.45. The van der Waals surface area contributed by atoms with Gasteiger partial charge in [-0.1, -0.05) is 91.0 Å². The molecule has 5 nitrogen and oxygen atoms in total. The molecule has 2 fully saturated rings. The molecule has 1 heterocycles. The van der Waals surface area contributed by atoms with Crippen molar-refractivity contribution in [3.05, 3.63) is 119 Å². The fourth-order valence-corrected chi connectivity index (χ4v) is 6.34. The average molecular weight is 551 g/mol. The molecule has 2 aliphatic rings. The Balaban J connectivity index is 1.45. The molecule has 1 aliphatic heterocycles. The maximum Gasteiger partial charge on any atom is 0.412 e. The molecule has 3 atom stereocenters. The zero-order valence-corrected chi connectivity index (χ0v) is 24.7. The molecule has 5 rings (SSSR count). The maximum absolute atomic E-state index is 13.7. The zero-order chi connectivity index (χ0) is 28.9. The normalized spacial score (nSPS) is 22.8. The van der Waals surface area contributed by atoms with Gasteiger partial charge in [-0.3, -0.25) is 9.80 Å². The highest BCUT2D eigenvalue weighted by atomic mass is 16.6. The van der Waals surface area contributed by atoms with Crippen molar-refractivity contribution in [2.75, 3.05) is 6.61 Å². The van der Waals surface area contributed by atoms with E-state index in [-0.39, 0.29) is 24.2 Å². The van der Waals surface area contributed by atoms with Gasteiger partial charge in [-0.2, -0.15) is 0 Å². The van der Waals surface area contributed by atoms with E-state index in [1.165, 1.54) is 11.1 Å². The van der Waals surface area contributed by atoms with Gasteiger partial charge < -0.3 is 9.47 Å². The monoisotopic (exact) mass is 550 g/mol. The van der Waals surface area contributed by atoms with Crippen LogP contribution in [0.2, 0.25) is 0 Å². The molecule has 0 radical (unpaired) electrons. The molecule has 0 aromatic heterocycles. The number of nitrogens with zero attached hydrogens (tertiary/aromatic N) is 2. The van der Waals surface area contributed by atoms with Crippen molar-refractivity contribution in [2.24, 2.45) is 5.92 Å². The smallest absolute Gasteiger partial charge is 0.412 e. The summed E-state index contributed by atoms with van der Waals surface area (Å²) < 4.78 is 12.3. The fourth-order valence-electron chi connectivity index (χ4n) is 6.34. The molecule has 0 unspecified atom stereocenters. The lowest BCUT2D eigenvalue weighted by Crippen LogP contribution is -2.53. The van der Waals surface area contributed by atoms with E-state index < -0.39 is 11.3 Å². The lowest BCUT2D eigenvalue weighted by molar-refractivity contribution is -0.0609. The molecule has 1 saturated carbocycles. The number of amides is 1. The van der Waals surface area contributed by atoms with E-state index in [2.05, 4.69) is 89.5 Å². The Bertz CT molecular complexity index is 1290. The van der Waals surface area contributed by atoms with Gasteiger partial charge >= 0.3 is 6.09 Å². The summed E-state index contributed by atoms with van der Waals surface area (Å²) in [5.74, 6) is -0.0129. The topological polar surface area (TPSA) is 42.0 Å². The molecule has 0 N–H and O–H groups in total. The molecule has 41 heavy (non-hydrogen) atoms. The van der Waals surface area contributed by atoms with Gasteiger partial charge in [-0.15, -0.1) is 5.73 Å². The van der Waals surface area contributed by atoms with Crippen LogP contribution in [0.25, 0.3) is 6.08 Å². The van der Waals surface area contributed by atoms with Gasteiger partial charge in [-0.05, 0) is 69.4 Å². The Hall–Kier alpha value is -3.63. The Morgan fingerprint density at radius 1 is 0.902 bits per heavy atom. The Morgan fingerprint density at radius 3 is 2.00 bits per heavy atom. The van der Waals surface area contributed by atoms with E-state index in [0.717, 1.165) is 31.5 Å². The number of benzene rings is 3. The van der Waals surface area contributed by atoms with Crippen LogP contribution in [0.5, 0.6) is 0 Å². The van der Waals surface area contributed by atoms with Crippen LogP contribution in [0.15, 0.2) is 103 Å². The summed E-state index contributed by atoms with van der Waals surface area (Å²) in [4.78, 5) is 18.0. The highest BCUT2D eigenvalue weighted by molar-refractivity contribution is 5.70. The minimum Gasteiger partial charge on any atom is -0.445 e. The van der Waals surface area contributed by atoms with Gasteiger partial charge in [0, 0.05) is 25.0 Å². The van der Waals surface area contributed by atoms with Crippen LogP contribution in [0.3, 0.4) is 0 Å². The number of carbonyl (C=O) groups is 1. The molecular formula is C36H42N2O3. The lowest BCUT2D eigenvalue weighted by atomic mass is 9.98. The first-order valence-corrected chi connectivity index (χ1v) is 14.7.